The lowest BCUT2D eigenvalue weighted by molar-refractivity contribution is 0.0590. The van der Waals surface area contributed by atoms with Gasteiger partial charge in [-0.25, -0.2) is 0 Å². The van der Waals surface area contributed by atoms with Crippen molar-refractivity contribution in [1.29, 1.82) is 0 Å². The van der Waals surface area contributed by atoms with E-state index >= 15 is 0 Å². The molecule has 0 aliphatic heterocycles. The average molecular weight is 341 g/mol. The number of rotatable bonds is 9. The lowest BCUT2D eigenvalue weighted by atomic mass is 10.1. The van der Waals surface area contributed by atoms with E-state index in [1.54, 1.807) is 0 Å². The predicted molar refractivity (Wildman–Crippen MR) is 98.8 cm³/mol. The van der Waals surface area contributed by atoms with Crippen LogP contribution in [0.4, 0.5) is 0 Å². The lowest BCUT2D eigenvalue weighted by Crippen LogP contribution is -2.37. The van der Waals surface area contributed by atoms with E-state index in [1.807, 2.05) is 29.2 Å². The van der Waals surface area contributed by atoms with Gasteiger partial charge < -0.3 is 14.9 Å². The molecule has 0 amide bonds. The fourth-order valence-electron chi connectivity index (χ4n) is 3.40. The van der Waals surface area contributed by atoms with Crippen molar-refractivity contribution in [3.05, 3.63) is 65.2 Å². The van der Waals surface area contributed by atoms with Crippen LogP contribution in [-0.4, -0.2) is 47.5 Å². The van der Waals surface area contributed by atoms with Crippen LogP contribution in [0.2, 0.25) is 0 Å². The number of ether oxygens (including phenoxy) is 1. The zero-order valence-corrected chi connectivity index (χ0v) is 14.6. The maximum atomic E-state index is 10.3. The molecule has 2 aromatic carbocycles. The van der Waals surface area contributed by atoms with Gasteiger partial charge >= 0.3 is 0 Å². The van der Waals surface area contributed by atoms with Crippen LogP contribution >= 0.6 is 0 Å². The maximum absolute atomic E-state index is 10.3. The summed E-state index contributed by atoms with van der Waals surface area (Å²) < 4.78 is 5.78. The van der Waals surface area contributed by atoms with Gasteiger partial charge in [-0.15, -0.1) is 0 Å². The molecule has 1 aliphatic rings. The van der Waals surface area contributed by atoms with Gasteiger partial charge in [0, 0.05) is 19.6 Å². The van der Waals surface area contributed by atoms with E-state index < -0.39 is 6.10 Å². The summed E-state index contributed by atoms with van der Waals surface area (Å²) >= 11 is 0. The molecule has 4 heteroatoms. The van der Waals surface area contributed by atoms with Gasteiger partial charge in [-0.2, -0.15) is 0 Å². The Morgan fingerprint density at radius 1 is 1.04 bits per heavy atom. The Morgan fingerprint density at radius 3 is 2.64 bits per heavy atom. The first-order valence-corrected chi connectivity index (χ1v) is 9.04. The first-order chi connectivity index (χ1) is 12.2. The van der Waals surface area contributed by atoms with Gasteiger partial charge in [0.25, 0.3) is 0 Å². The van der Waals surface area contributed by atoms with Crippen molar-refractivity contribution in [3.8, 4) is 5.75 Å². The second-order valence-corrected chi connectivity index (χ2v) is 6.69. The van der Waals surface area contributed by atoms with Crippen LogP contribution in [0, 0.1) is 0 Å². The zero-order valence-electron chi connectivity index (χ0n) is 14.6. The SMILES string of the molecule is OCCN(Cc1ccccc1)C[C@H](O)COc1ccc2c(c1)CCC2. The van der Waals surface area contributed by atoms with E-state index in [0.717, 1.165) is 18.6 Å². The van der Waals surface area contributed by atoms with Gasteiger partial charge in [0.15, 0.2) is 0 Å². The second kappa shape index (κ2) is 8.99. The number of nitrogens with zero attached hydrogens (tertiary/aromatic N) is 1. The van der Waals surface area contributed by atoms with Crippen molar-refractivity contribution in [2.45, 2.75) is 31.9 Å². The highest BCUT2D eigenvalue weighted by Gasteiger charge is 2.14. The Balaban J connectivity index is 1.50. The molecule has 0 radical (unpaired) electrons. The third-order valence-electron chi connectivity index (χ3n) is 4.65. The molecule has 0 spiro atoms. The number of hydrogen-bond acceptors (Lipinski definition) is 4. The van der Waals surface area contributed by atoms with Gasteiger partial charge in [0.05, 0.1) is 6.61 Å². The van der Waals surface area contributed by atoms with E-state index in [2.05, 4.69) is 24.3 Å². The third-order valence-corrected chi connectivity index (χ3v) is 4.65. The second-order valence-electron chi connectivity index (χ2n) is 6.69. The first-order valence-electron chi connectivity index (χ1n) is 9.04. The normalized spacial score (nSPS) is 14.5. The Labute approximate surface area is 149 Å². The van der Waals surface area contributed by atoms with Gasteiger partial charge in [0.1, 0.15) is 18.5 Å². The molecule has 25 heavy (non-hydrogen) atoms. The number of aryl methyl sites for hydroxylation is 2. The first kappa shape index (κ1) is 17.9. The summed E-state index contributed by atoms with van der Waals surface area (Å²) in [6, 6.07) is 16.3. The molecular formula is C21H27NO3. The molecule has 0 heterocycles. The standard InChI is InChI=1S/C21H27NO3/c23-12-11-22(14-17-5-2-1-3-6-17)15-20(24)16-25-21-10-9-18-7-4-8-19(18)13-21/h1-3,5-6,9-10,13,20,23-24H,4,7-8,11-12,14-16H2/t20-/m0/s1. The number of hydrogen-bond donors (Lipinski definition) is 2. The Kier molecular flexibility index (Phi) is 6.45. The molecule has 134 valence electrons. The van der Waals surface area contributed by atoms with Crippen molar-refractivity contribution in [3.63, 3.8) is 0 Å². The number of fused-ring (bicyclic) bond motifs is 1. The van der Waals surface area contributed by atoms with Crippen molar-refractivity contribution in [2.75, 3.05) is 26.3 Å². The monoisotopic (exact) mass is 341 g/mol. The summed E-state index contributed by atoms with van der Waals surface area (Å²) in [5.74, 6) is 0.830. The van der Waals surface area contributed by atoms with Gasteiger partial charge in [-0.1, -0.05) is 36.4 Å². The largest absolute Gasteiger partial charge is 0.491 e. The minimum Gasteiger partial charge on any atom is -0.491 e. The summed E-state index contributed by atoms with van der Waals surface area (Å²) in [6.45, 7) is 2.04. The molecule has 0 bridgehead atoms. The minimum atomic E-state index is -0.594. The van der Waals surface area contributed by atoms with Crippen LogP contribution in [0.5, 0.6) is 5.75 Å². The highest BCUT2D eigenvalue weighted by molar-refractivity contribution is 5.38. The van der Waals surface area contributed by atoms with Crippen LogP contribution in [0.15, 0.2) is 48.5 Å². The fraction of sp³-hybridized carbons (Fsp3) is 0.429. The molecule has 2 N–H and O–H groups in total. The van der Waals surface area contributed by atoms with Crippen molar-refractivity contribution >= 4 is 0 Å². The molecule has 0 aromatic heterocycles. The Bertz CT molecular complexity index is 659. The predicted octanol–water partition coefficient (Wildman–Crippen LogP) is 2.41. The van der Waals surface area contributed by atoms with E-state index in [-0.39, 0.29) is 13.2 Å². The van der Waals surface area contributed by atoms with Crippen molar-refractivity contribution in [1.82, 2.24) is 4.90 Å². The molecule has 4 nitrogen and oxygen atoms in total. The molecule has 2 aromatic rings. The maximum Gasteiger partial charge on any atom is 0.119 e. The summed E-state index contributed by atoms with van der Waals surface area (Å²) in [6.07, 6.45) is 2.91. The van der Waals surface area contributed by atoms with Crippen LogP contribution in [0.25, 0.3) is 0 Å². The van der Waals surface area contributed by atoms with E-state index in [1.165, 1.54) is 23.1 Å². The molecular weight excluding hydrogens is 314 g/mol. The van der Waals surface area contributed by atoms with Crippen LogP contribution in [-0.2, 0) is 19.4 Å². The highest BCUT2D eigenvalue weighted by atomic mass is 16.5. The van der Waals surface area contributed by atoms with Crippen molar-refractivity contribution < 1.29 is 14.9 Å². The highest BCUT2D eigenvalue weighted by Crippen LogP contribution is 2.26. The topological polar surface area (TPSA) is 52.9 Å². The van der Waals surface area contributed by atoms with Gasteiger partial charge in [-0.05, 0) is 48.1 Å². The van der Waals surface area contributed by atoms with E-state index in [0.29, 0.717) is 19.6 Å². The number of aliphatic hydroxyl groups is 2. The van der Waals surface area contributed by atoms with Gasteiger partial charge in [-0.3, -0.25) is 4.90 Å². The number of aliphatic hydroxyl groups excluding tert-OH is 2. The summed E-state index contributed by atoms with van der Waals surface area (Å²) in [4.78, 5) is 2.05. The number of benzene rings is 2. The van der Waals surface area contributed by atoms with Crippen LogP contribution < -0.4 is 4.74 Å². The van der Waals surface area contributed by atoms with Crippen molar-refractivity contribution in [2.24, 2.45) is 0 Å². The quantitative estimate of drug-likeness (QED) is 0.735. The van der Waals surface area contributed by atoms with Crippen LogP contribution in [0.3, 0.4) is 0 Å². The van der Waals surface area contributed by atoms with E-state index in [9.17, 15) is 10.2 Å². The van der Waals surface area contributed by atoms with E-state index in [4.69, 9.17) is 4.74 Å². The molecule has 3 rings (SSSR count). The third kappa shape index (κ3) is 5.30. The zero-order chi connectivity index (χ0) is 17.5. The molecule has 1 aliphatic carbocycles. The molecule has 0 unspecified atom stereocenters. The lowest BCUT2D eigenvalue weighted by Gasteiger charge is -2.24. The Hall–Kier alpha value is -1.88. The minimum absolute atomic E-state index is 0.0746. The molecule has 1 atom stereocenters. The summed E-state index contributed by atoms with van der Waals surface area (Å²) in [5, 5.41) is 19.6. The average Bonchev–Trinajstić information content (AvgIpc) is 3.09. The molecule has 0 saturated carbocycles. The summed E-state index contributed by atoms with van der Waals surface area (Å²) in [5.41, 5.74) is 3.96. The Morgan fingerprint density at radius 2 is 1.84 bits per heavy atom. The van der Waals surface area contributed by atoms with Crippen LogP contribution in [0.1, 0.15) is 23.1 Å². The van der Waals surface area contributed by atoms with Gasteiger partial charge in [0.2, 0.25) is 0 Å². The molecule has 0 saturated heterocycles. The summed E-state index contributed by atoms with van der Waals surface area (Å²) in [7, 11) is 0. The smallest absolute Gasteiger partial charge is 0.119 e. The fourth-order valence-corrected chi connectivity index (χ4v) is 3.40. The molecule has 0 fully saturated rings.